The summed E-state index contributed by atoms with van der Waals surface area (Å²) in [5.41, 5.74) is 0.152. The summed E-state index contributed by atoms with van der Waals surface area (Å²) in [6.45, 7) is 12.9. The quantitative estimate of drug-likeness (QED) is 0.778. The summed E-state index contributed by atoms with van der Waals surface area (Å²) in [5, 5.41) is 3.94. The second-order valence-corrected chi connectivity index (χ2v) is 8.78. The fourth-order valence-corrected chi connectivity index (χ4v) is 3.06. The van der Waals surface area contributed by atoms with E-state index in [2.05, 4.69) is 30.9 Å². The van der Waals surface area contributed by atoms with Gasteiger partial charge in [0.05, 0.1) is 5.92 Å². The highest BCUT2D eigenvalue weighted by molar-refractivity contribution is 5.72. The van der Waals surface area contributed by atoms with E-state index in [1.165, 1.54) is 0 Å². The van der Waals surface area contributed by atoms with E-state index >= 15 is 0 Å². The Hall–Kier alpha value is -1.39. The number of aromatic nitrogens is 2. The smallest absolute Gasteiger partial charge is 0.309 e. The van der Waals surface area contributed by atoms with E-state index in [9.17, 15) is 4.79 Å². The number of esters is 1. The molecule has 0 amide bonds. The molecule has 0 bridgehead atoms. The minimum absolute atomic E-state index is 0.0126. The lowest BCUT2D eigenvalue weighted by Crippen LogP contribution is -2.29. The maximum absolute atomic E-state index is 12.2. The van der Waals surface area contributed by atoms with Crippen LogP contribution in [0.15, 0.2) is 4.52 Å². The first kappa shape index (κ1) is 18.0. The summed E-state index contributed by atoms with van der Waals surface area (Å²) in [4.78, 5) is 16.5. The zero-order chi connectivity index (χ0) is 17.3. The Kier molecular flexibility index (Phi) is 5.17. The van der Waals surface area contributed by atoms with Gasteiger partial charge in [-0.2, -0.15) is 4.98 Å². The molecule has 1 aromatic rings. The molecule has 130 valence electrons. The molecular formula is C18H30N2O3. The van der Waals surface area contributed by atoms with E-state index in [1.807, 2.05) is 20.8 Å². The van der Waals surface area contributed by atoms with Crippen LogP contribution < -0.4 is 0 Å². The number of carbonyl (C=O) groups excluding carboxylic acids is 1. The van der Waals surface area contributed by atoms with Crippen LogP contribution in [-0.2, 0) is 21.6 Å². The molecule has 0 aliphatic heterocycles. The SMILES string of the molecule is CC(C)(C)c1noc(COC(=O)C2CCC(C(C)(C)C)CC2)n1. The molecule has 0 aromatic carbocycles. The molecule has 1 aliphatic carbocycles. The molecule has 1 saturated carbocycles. The maximum Gasteiger partial charge on any atom is 0.309 e. The van der Waals surface area contributed by atoms with E-state index in [0.717, 1.165) is 25.7 Å². The Bertz CT molecular complexity index is 529. The largest absolute Gasteiger partial charge is 0.455 e. The highest BCUT2D eigenvalue weighted by Gasteiger charge is 2.33. The third-order valence-electron chi connectivity index (χ3n) is 4.76. The molecule has 1 aromatic heterocycles. The van der Waals surface area contributed by atoms with Gasteiger partial charge >= 0.3 is 5.97 Å². The van der Waals surface area contributed by atoms with Crippen molar-refractivity contribution in [1.29, 1.82) is 0 Å². The summed E-state index contributed by atoms with van der Waals surface area (Å²) in [7, 11) is 0. The van der Waals surface area contributed by atoms with Crippen molar-refractivity contribution in [3.63, 3.8) is 0 Å². The lowest BCUT2D eigenvalue weighted by molar-refractivity contribution is -0.152. The van der Waals surface area contributed by atoms with Crippen LogP contribution >= 0.6 is 0 Å². The zero-order valence-corrected chi connectivity index (χ0v) is 15.3. The second-order valence-electron chi connectivity index (χ2n) is 8.78. The molecule has 0 unspecified atom stereocenters. The number of carbonyl (C=O) groups is 1. The van der Waals surface area contributed by atoms with Gasteiger partial charge < -0.3 is 9.26 Å². The Morgan fingerprint density at radius 2 is 1.74 bits per heavy atom. The molecule has 2 rings (SSSR count). The van der Waals surface area contributed by atoms with Crippen LogP contribution in [0.2, 0.25) is 0 Å². The molecule has 0 radical (unpaired) electrons. The van der Waals surface area contributed by atoms with Gasteiger partial charge in [-0.15, -0.1) is 0 Å². The molecule has 1 heterocycles. The fourth-order valence-electron chi connectivity index (χ4n) is 3.06. The predicted octanol–water partition coefficient (Wildman–Crippen LogP) is 4.26. The highest BCUT2D eigenvalue weighted by Crippen LogP contribution is 2.40. The normalized spacial score (nSPS) is 22.9. The van der Waals surface area contributed by atoms with Gasteiger partial charge in [-0.1, -0.05) is 46.7 Å². The lowest BCUT2D eigenvalue weighted by Gasteiger charge is -2.36. The van der Waals surface area contributed by atoms with Crippen molar-refractivity contribution in [3.8, 4) is 0 Å². The first-order valence-corrected chi connectivity index (χ1v) is 8.57. The number of ether oxygens (including phenoxy) is 1. The van der Waals surface area contributed by atoms with E-state index in [-0.39, 0.29) is 23.9 Å². The van der Waals surface area contributed by atoms with Crippen LogP contribution in [-0.4, -0.2) is 16.1 Å². The van der Waals surface area contributed by atoms with Gasteiger partial charge in [-0.05, 0) is 37.0 Å². The third-order valence-corrected chi connectivity index (χ3v) is 4.76. The monoisotopic (exact) mass is 322 g/mol. The molecule has 0 N–H and O–H groups in total. The summed E-state index contributed by atoms with van der Waals surface area (Å²) < 4.78 is 10.5. The number of hydrogen-bond donors (Lipinski definition) is 0. The van der Waals surface area contributed by atoms with Gasteiger partial charge in [0, 0.05) is 5.41 Å². The molecule has 1 fully saturated rings. The zero-order valence-electron chi connectivity index (χ0n) is 15.3. The van der Waals surface area contributed by atoms with E-state index in [1.54, 1.807) is 0 Å². The number of rotatable bonds is 3. The van der Waals surface area contributed by atoms with Crippen molar-refractivity contribution >= 4 is 5.97 Å². The fraction of sp³-hybridized carbons (Fsp3) is 0.833. The molecular weight excluding hydrogens is 292 g/mol. The van der Waals surface area contributed by atoms with Gasteiger partial charge in [-0.3, -0.25) is 4.79 Å². The van der Waals surface area contributed by atoms with Gasteiger partial charge in [0.15, 0.2) is 12.4 Å². The van der Waals surface area contributed by atoms with Crippen molar-refractivity contribution < 1.29 is 14.1 Å². The number of nitrogens with zero attached hydrogens (tertiary/aromatic N) is 2. The van der Waals surface area contributed by atoms with Crippen LogP contribution in [0.1, 0.15) is 78.9 Å². The van der Waals surface area contributed by atoms with Crippen LogP contribution in [0.3, 0.4) is 0 Å². The third kappa shape index (κ3) is 4.79. The van der Waals surface area contributed by atoms with Crippen molar-refractivity contribution in [2.24, 2.45) is 17.3 Å². The summed E-state index contributed by atoms with van der Waals surface area (Å²) in [5.74, 6) is 1.57. The molecule has 0 atom stereocenters. The van der Waals surface area contributed by atoms with Crippen molar-refractivity contribution in [2.75, 3.05) is 0 Å². The standard InChI is InChI=1S/C18H30N2O3/c1-17(2,3)13-9-7-12(8-10-13)15(21)22-11-14-19-16(20-23-14)18(4,5)6/h12-13H,7-11H2,1-6H3. The number of hydrogen-bond acceptors (Lipinski definition) is 5. The summed E-state index contributed by atoms with van der Waals surface area (Å²) >= 11 is 0. The van der Waals surface area contributed by atoms with Gasteiger partial charge in [-0.25, -0.2) is 0 Å². The van der Waals surface area contributed by atoms with E-state index < -0.39 is 0 Å². The summed E-state index contributed by atoms with van der Waals surface area (Å²) in [6, 6.07) is 0. The molecule has 5 heteroatoms. The molecule has 1 aliphatic rings. The Balaban J connectivity index is 1.81. The van der Waals surface area contributed by atoms with Crippen LogP contribution in [0.5, 0.6) is 0 Å². The molecule has 5 nitrogen and oxygen atoms in total. The van der Waals surface area contributed by atoms with Crippen molar-refractivity contribution in [2.45, 2.75) is 79.2 Å². The summed E-state index contributed by atoms with van der Waals surface area (Å²) in [6.07, 6.45) is 4.02. The average Bonchev–Trinajstić information content (AvgIpc) is 2.93. The molecule has 0 saturated heterocycles. The van der Waals surface area contributed by atoms with Gasteiger partial charge in [0.1, 0.15) is 0 Å². The molecule has 23 heavy (non-hydrogen) atoms. The van der Waals surface area contributed by atoms with Crippen molar-refractivity contribution in [3.05, 3.63) is 11.7 Å². The second kappa shape index (κ2) is 6.62. The van der Waals surface area contributed by atoms with Crippen molar-refractivity contribution in [1.82, 2.24) is 10.1 Å². The maximum atomic E-state index is 12.2. The van der Waals surface area contributed by atoms with Crippen LogP contribution in [0, 0.1) is 17.3 Å². The Morgan fingerprint density at radius 3 is 2.22 bits per heavy atom. The minimum Gasteiger partial charge on any atom is -0.455 e. The lowest BCUT2D eigenvalue weighted by atomic mass is 9.70. The minimum atomic E-state index is -0.170. The van der Waals surface area contributed by atoms with Crippen LogP contribution in [0.25, 0.3) is 0 Å². The van der Waals surface area contributed by atoms with Gasteiger partial charge in [0.2, 0.25) is 0 Å². The van der Waals surface area contributed by atoms with E-state index in [0.29, 0.717) is 23.0 Å². The average molecular weight is 322 g/mol. The van der Waals surface area contributed by atoms with E-state index in [4.69, 9.17) is 9.26 Å². The predicted molar refractivity (Wildman–Crippen MR) is 87.7 cm³/mol. The van der Waals surface area contributed by atoms with Crippen LogP contribution in [0.4, 0.5) is 0 Å². The first-order chi connectivity index (χ1) is 10.6. The topological polar surface area (TPSA) is 65.2 Å². The Labute approximate surface area is 139 Å². The Morgan fingerprint density at radius 1 is 1.13 bits per heavy atom. The molecule has 0 spiro atoms. The van der Waals surface area contributed by atoms with Gasteiger partial charge in [0.25, 0.3) is 5.89 Å². The first-order valence-electron chi connectivity index (χ1n) is 8.57. The highest BCUT2D eigenvalue weighted by atomic mass is 16.6.